The standard InChI is InChI=1S/C23H23N5O4S2/c1-3-28(4-2)34(31,32)18-12-10-17(11-13-18)25-20(29)15-33-23-26-21(16-8-6-5-7-9-16)19(14-24)22(30)27-23/h5-13H,3-4,15H2,1-2H3,(H,25,29)(H,26,27,30). The first-order chi connectivity index (χ1) is 16.3. The van der Waals surface area contributed by atoms with E-state index in [1.165, 1.54) is 28.6 Å². The van der Waals surface area contributed by atoms with Crippen molar-refractivity contribution >= 4 is 33.4 Å². The molecule has 0 aliphatic rings. The second kappa shape index (κ2) is 11.1. The Bertz CT molecular complexity index is 1360. The molecule has 2 aromatic carbocycles. The van der Waals surface area contributed by atoms with E-state index in [1.54, 1.807) is 38.1 Å². The van der Waals surface area contributed by atoms with Crippen LogP contribution in [0.3, 0.4) is 0 Å². The van der Waals surface area contributed by atoms with Gasteiger partial charge in [-0.3, -0.25) is 9.59 Å². The topological polar surface area (TPSA) is 136 Å². The predicted molar refractivity (Wildman–Crippen MR) is 131 cm³/mol. The third kappa shape index (κ3) is 5.72. The number of thioether (sulfide) groups is 1. The fourth-order valence-electron chi connectivity index (χ4n) is 3.18. The van der Waals surface area contributed by atoms with Crippen LogP contribution in [0.25, 0.3) is 11.3 Å². The third-order valence-corrected chi connectivity index (χ3v) is 7.82. The van der Waals surface area contributed by atoms with E-state index < -0.39 is 15.6 Å². The van der Waals surface area contributed by atoms with Gasteiger partial charge in [-0.1, -0.05) is 55.9 Å². The lowest BCUT2D eigenvalue weighted by atomic mass is 10.1. The molecule has 9 nitrogen and oxygen atoms in total. The van der Waals surface area contributed by atoms with E-state index in [0.717, 1.165) is 11.8 Å². The van der Waals surface area contributed by atoms with Gasteiger partial charge in [-0.15, -0.1) is 0 Å². The average molecular weight is 498 g/mol. The maximum absolute atomic E-state index is 12.6. The Hall–Kier alpha value is -3.46. The monoisotopic (exact) mass is 497 g/mol. The number of amides is 1. The third-order valence-electron chi connectivity index (χ3n) is 4.88. The van der Waals surface area contributed by atoms with Crippen LogP contribution in [0, 0.1) is 11.3 Å². The van der Waals surface area contributed by atoms with Crippen molar-refractivity contribution in [3.8, 4) is 17.3 Å². The van der Waals surface area contributed by atoms with Gasteiger partial charge in [-0.05, 0) is 24.3 Å². The number of carbonyl (C=O) groups is 1. The molecule has 0 unspecified atom stereocenters. The van der Waals surface area contributed by atoms with Crippen molar-refractivity contribution in [1.82, 2.24) is 14.3 Å². The molecule has 3 rings (SSSR count). The van der Waals surface area contributed by atoms with Crippen LogP contribution < -0.4 is 10.9 Å². The lowest BCUT2D eigenvalue weighted by Crippen LogP contribution is -2.30. The lowest BCUT2D eigenvalue weighted by Gasteiger charge is -2.18. The van der Waals surface area contributed by atoms with E-state index >= 15 is 0 Å². The van der Waals surface area contributed by atoms with Gasteiger partial charge in [0, 0.05) is 24.3 Å². The van der Waals surface area contributed by atoms with Crippen LogP contribution >= 0.6 is 11.8 Å². The first-order valence-electron chi connectivity index (χ1n) is 10.4. The van der Waals surface area contributed by atoms with Gasteiger partial charge >= 0.3 is 0 Å². The van der Waals surface area contributed by atoms with Crippen LogP contribution in [0.2, 0.25) is 0 Å². The number of carbonyl (C=O) groups excluding carboxylic acids is 1. The van der Waals surface area contributed by atoms with Crippen LogP contribution in [0.5, 0.6) is 0 Å². The largest absolute Gasteiger partial charge is 0.325 e. The Balaban J connectivity index is 1.70. The Kier molecular flexibility index (Phi) is 8.22. The van der Waals surface area contributed by atoms with Crippen molar-refractivity contribution in [2.75, 3.05) is 24.2 Å². The fraction of sp³-hybridized carbons (Fsp3) is 0.217. The normalized spacial score (nSPS) is 11.2. The molecular weight excluding hydrogens is 474 g/mol. The molecule has 3 aromatic rings. The highest BCUT2D eigenvalue weighted by Gasteiger charge is 2.21. The Morgan fingerprint density at radius 3 is 2.35 bits per heavy atom. The molecule has 0 fully saturated rings. The minimum atomic E-state index is -3.58. The number of nitrogens with zero attached hydrogens (tertiary/aromatic N) is 3. The highest BCUT2D eigenvalue weighted by Crippen LogP contribution is 2.22. The Labute approximate surface area is 201 Å². The second-order valence-electron chi connectivity index (χ2n) is 7.02. The molecular formula is C23H23N5O4S2. The minimum absolute atomic E-state index is 0.0530. The molecule has 0 spiro atoms. The summed E-state index contributed by atoms with van der Waals surface area (Å²) in [6.45, 7) is 4.27. The molecule has 1 amide bonds. The summed E-state index contributed by atoms with van der Waals surface area (Å²) in [5, 5.41) is 12.2. The van der Waals surface area contributed by atoms with E-state index in [2.05, 4.69) is 15.3 Å². The number of nitrogens with one attached hydrogen (secondary N) is 2. The first kappa shape index (κ1) is 25.2. The number of nitriles is 1. The molecule has 1 heterocycles. The van der Waals surface area contributed by atoms with Gasteiger partial charge in [0.2, 0.25) is 15.9 Å². The van der Waals surface area contributed by atoms with Gasteiger partial charge in [-0.2, -0.15) is 9.57 Å². The van der Waals surface area contributed by atoms with E-state index in [9.17, 15) is 23.3 Å². The van der Waals surface area contributed by atoms with Crippen molar-refractivity contribution in [2.24, 2.45) is 0 Å². The van der Waals surface area contributed by atoms with Crippen LogP contribution in [-0.4, -0.2) is 47.4 Å². The molecule has 1 aromatic heterocycles. The number of benzene rings is 2. The molecule has 176 valence electrons. The molecule has 2 N–H and O–H groups in total. The van der Waals surface area contributed by atoms with Gasteiger partial charge in [0.1, 0.15) is 11.6 Å². The highest BCUT2D eigenvalue weighted by atomic mass is 32.2. The van der Waals surface area contributed by atoms with Gasteiger partial charge in [0.05, 0.1) is 16.3 Å². The number of aromatic nitrogens is 2. The number of hydrogen-bond donors (Lipinski definition) is 2. The number of aromatic amines is 1. The van der Waals surface area contributed by atoms with Crippen molar-refractivity contribution in [1.29, 1.82) is 5.26 Å². The predicted octanol–water partition coefficient (Wildman–Crippen LogP) is 3.07. The van der Waals surface area contributed by atoms with Gasteiger partial charge < -0.3 is 10.3 Å². The summed E-state index contributed by atoms with van der Waals surface area (Å²) >= 11 is 1.02. The van der Waals surface area contributed by atoms with E-state index in [-0.39, 0.29) is 33.0 Å². The molecule has 0 atom stereocenters. The van der Waals surface area contributed by atoms with E-state index in [0.29, 0.717) is 24.3 Å². The first-order valence-corrected chi connectivity index (χ1v) is 12.8. The molecule has 0 saturated heterocycles. The SMILES string of the molecule is CCN(CC)S(=O)(=O)c1ccc(NC(=O)CSc2nc(-c3ccccc3)c(C#N)c(=O)[nH]2)cc1. The fourth-order valence-corrected chi connectivity index (χ4v) is 5.30. The summed E-state index contributed by atoms with van der Waals surface area (Å²) in [7, 11) is -3.58. The van der Waals surface area contributed by atoms with Crippen molar-refractivity contribution < 1.29 is 13.2 Å². The summed E-state index contributed by atoms with van der Waals surface area (Å²) in [6.07, 6.45) is 0. The van der Waals surface area contributed by atoms with Crippen molar-refractivity contribution in [3.63, 3.8) is 0 Å². The van der Waals surface area contributed by atoms with Gasteiger partial charge in [0.25, 0.3) is 5.56 Å². The average Bonchev–Trinajstić information content (AvgIpc) is 2.84. The van der Waals surface area contributed by atoms with Crippen LogP contribution in [0.4, 0.5) is 5.69 Å². The number of H-pyrrole nitrogens is 1. The summed E-state index contributed by atoms with van der Waals surface area (Å²) in [5.74, 6) is -0.416. The zero-order chi connectivity index (χ0) is 24.7. The molecule has 0 aliphatic heterocycles. The van der Waals surface area contributed by atoms with E-state index in [1.807, 2.05) is 12.1 Å². The van der Waals surface area contributed by atoms with Crippen molar-refractivity contribution in [3.05, 3.63) is 70.5 Å². The minimum Gasteiger partial charge on any atom is -0.325 e. The van der Waals surface area contributed by atoms with Gasteiger partial charge in [0.15, 0.2) is 5.16 Å². The summed E-state index contributed by atoms with van der Waals surface area (Å²) in [4.78, 5) is 31.8. The maximum atomic E-state index is 12.6. The number of sulfonamides is 1. The number of anilines is 1. The smallest absolute Gasteiger partial charge is 0.270 e. The summed E-state index contributed by atoms with van der Waals surface area (Å²) in [5.41, 5.74) is 0.635. The van der Waals surface area contributed by atoms with Gasteiger partial charge in [-0.25, -0.2) is 13.4 Å². The number of rotatable bonds is 9. The molecule has 0 bridgehead atoms. The molecule has 0 radical (unpaired) electrons. The summed E-state index contributed by atoms with van der Waals surface area (Å²) < 4.78 is 26.5. The molecule has 0 aliphatic carbocycles. The summed E-state index contributed by atoms with van der Waals surface area (Å²) in [6, 6.07) is 16.7. The number of hydrogen-bond acceptors (Lipinski definition) is 7. The molecule has 0 saturated carbocycles. The molecule has 34 heavy (non-hydrogen) atoms. The van der Waals surface area contributed by atoms with Crippen molar-refractivity contribution in [2.45, 2.75) is 23.9 Å². The molecule has 11 heteroatoms. The van der Waals surface area contributed by atoms with Crippen LogP contribution in [0.1, 0.15) is 19.4 Å². The van der Waals surface area contributed by atoms with E-state index in [4.69, 9.17) is 0 Å². The quantitative estimate of drug-likeness (QED) is 0.342. The zero-order valence-electron chi connectivity index (χ0n) is 18.6. The second-order valence-corrected chi connectivity index (χ2v) is 9.93. The lowest BCUT2D eigenvalue weighted by molar-refractivity contribution is -0.113. The maximum Gasteiger partial charge on any atom is 0.270 e. The Morgan fingerprint density at radius 1 is 1.12 bits per heavy atom. The van der Waals surface area contributed by atoms with Crippen LogP contribution in [0.15, 0.2) is 69.4 Å². The Morgan fingerprint density at radius 2 is 1.76 bits per heavy atom. The zero-order valence-corrected chi connectivity index (χ0v) is 20.2. The van der Waals surface area contributed by atoms with Crippen LogP contribution in [-0.2, 0) is 14.8 Å². The highest BCUT2D eigenvalue weighted by molar-refractivity contribution is 7.99.